The van der Waals surface area contributed by atoms with Crippen LogP contribution in [0.1, 0.15) is 27.2 Å². The van der Waals surface area contributed by atoms with Crippen LogP contribution in [0.2, 0.25) is 0 Å². The summed E-state index contributed by atoms with van der Waals surface area (Å²) in [5.41, 5.74) is 1.55. The average Bonchev–Trinajstić information content (AvgIpc) is 3.32. The van der Waals surface area contributed by atoms with E-state index < -0.39 is 0 Å². The number of hydrogen-bond donors (Lipinski definition) is 0. The third kappa shape index (κ3) is 3.36. The highest BCUT2D eigenvalue weighted by molar-refractivity contribution is 7.18. The van der Waals surface area contributed by atoms with E-state index in [1.165, 1.54) is 15.8 Å². The first-order chi connectivity index (χ1) is 14.2. The van der Waals surface area contributed by atoms with Gasteiger partial charge in [0.2, 0.25) is 0 Å². The summed E-state index contributed by atoms with van der Waals surface area (Å²) in [6.45, 7) is -0.0225. The Kier molecular flexibility index (Phi) is 4.48. The summed E-state index contributed by atoms with van der Waals surface area (Å²) in [4.78, 5) is 32.1. The van der Waals surface area contributed by atoms with E-state index in [1.807, 2.05) is 30.3 Å². The van der Waals surface area contributed by atoms with Gasteiger partial charge in [0, 0.05) is 10.4 Å². The molecule has 1 aliphatic rings. The summed E-state index contributed by atoms with van der Waals surface area (Å²) in [6, 6.07) is 16.4. The average molecular weight is 402 g/mol. The van der Waals surface area contributed by atoms with Crippen molar-refractivity contribution in [1.82, 2.24) is 9.55 Å². The van der Waals surface area contributed by atoms with E-state index in [2.05, 4.69) is 4.98 Å². The number of carbonyl (C=O) groups excluding carboxylic acids is 1. The first-order valence-corrected chi connectivity index (χ1v) is 10.4. The number of ketones is 1. The summed E-state index contributed by atoms with van der Waals surface area (Å²) >= 11 is 1.60. The Bertz CT molecular complexity index is 1260. The zero-order valence-electron chi connectivity index (χ0n) is 15.6. The number of aromatic nitrogens is 2. The lowest BCUT2D eigenvalue weighted by molar-refractivity contribution is 0.0970. The second kappa shape index (κ2) is 7.29. The summed E-state index contributed by atoms with van der Waals surface area (Å²) in [6.07, 6.45) is 4.52. The largest absolute Gasteiger partial charge is 0.457 e. The molecule has 2 heterocycles. The van der Waals surface area contributed by atoms with Crippen LogP contribution in [0.3, 0.4) is 0 Å². The minimum absolute atomic E-state index is 0.0225. The summed E-state index contributed by atoms with van der Waals surface area (Å²) < 4.78 is 7.18. The molecule has 4 aromatic rings. The number of para-hydroxylation sites is 1. The van der Waals surface area contributed by atoms with Gasteiger partial charge in [-0.15, -0.1) is 11.3 Å². The number of rotatable bonds is 5. The summed E-state index contributed by atoms with van der Waals surface area (Å²) in [5, 5.41) is 0.699. The van der Waals surface area contributed by atoms with Crippen LogP contribution < -0.4 is 10.3 Å². The maximum absolute atomic E-state index is 12.9. The molecule has 6 heteroatoms. The number of Topliss-reactive ketones (excluding diaryl/α,β-unsaturated/α-hetero) is 1. The van der Waals surface area contributed by atoms with E-state index >= 15 is 0 Å². The van der Waals surface area contributed by atoms with Gasteiger partial charge in [0.1, 0.15) is 16.3 Å². The van der Waals surface area contributed by atoms with Gasteiger partial charge < -0.3 is 4.74 Å². The first-order valence-electron chi connectivity index (χ1n) is 9.55. The van der Waals surface area contributed by atoms with Crippen LogP contribution in [0.5, 0.6) is 11.5 Å². The Labute approximate surface area is 171 Å². The maximum atomic E-state index is 12.9. The fraction of sp³-hybridized carbons (Fsp3) is 0.174. The second-order valence-corrected chi connectivity index (χ2v) is 8.16. The number of hydrogen-bond acceptors (Lipinski definition) is 5. The van der Waals surface area contributed by atoms with Crippen LogP contribution in [0.4, 0.5) is 0 Å². The molecule has 5 nitrogen and oxygen atoms in total. The highest BCUT2D eigenvalue weighted by Gasteiger charge is 2.21. The minimum atomic E-state index is -0.133. The molecule has 0 aliphatic heterocycles. The fourth-order valence-electron chi connectivity index (χ4n) is 3.71. The Hall–Kier alpha value is -3.25. The second-order valence-electron chi connectivity index (χ2n) is 7.08. The molecule has 0 fully saturated rings. The van der Waals surface area contributed by atoms with Gasteiger partial charge in [0.15, 0.2) is 5.78 Å². The van der Waals surface area contributed by atoms with E-state index in [9.17, 15) is 9.59 Å². The zero-order valence-corrected chi connectivity index (χ0v) is 16.4. The molecule has 2 aromatic carbocycles. The van der Waals surface area contributed by atoms with E-state index in [0.29, 0.717) is 16.7 Å². The normalized spacial score (nSPS) is 12.8. The molecule has 0 radical (unpaired) electrons. The van der Waals surface area contributed by atoms with Crippen molar-refractivity contribution in [3.8, 4) is 11.5 Å². The lowest BCUT2D eigenvalue weighted by Crippen LogP contribution is -2.24. The molecule has 0 unspecified atom stereocenters. The molecule has 29 heavy (non-hydrogen) atoms. The lowest BCUT2D eigenvalue weighted by atomic mass is 10.1. The summed E-state index contributed by atoms with van der Waals surface area (Å²) in [5.74, 6) is 1.26. The molecule has 144 valence electrons. The maximum Gasteiger partial charge on any atom is 0.262 e. The van der Waals surface area contributed by atoms with Gasteiger partial charge in [-0.2, -0.15) is 0 Å². The van der Waals surface area contributed by atoms with Crippen LogP contribution in [0, 0.1) is 0 Å². The van der Waals surface area contributed by atoms with Crippen LogP contribution in [-0.4, -0.2) is 15.3 Å². The molecule has 0 atom stereocenters. The topological polar surface area (TPSA) is 61.2 Å². The van der Waals surface area contributed by atoms with E-state index in [1.54, 1.807) is 35.6 Å². The minimum Gasteiger partial charge on any atom is -0.457 e. The van der Waals surface area contributed by atoms with Crippen LogP contribution in [0.25, 0.3) is 10.2 Å². The molecule has 0 N–H and O–H groups in total. The number of aryl methyl sites for hydroxylation is 2. The number of nitrogens with zero attached hydrogens (tertiary/aromatic N) is 2. The molecular weight excluding hydrogens is 384 g/mol. The molecule has 0 bridgehead atoms. The summed E-state index contributed by atoms with van der Waals surface area (Å²) in [7, 11) is 0. The smallest absolute Gasteiger partial charge is 0.262 e. The van der Waals surface area contributed by atoms with Crippen LogP contribution in [0.15, 0.2) is 65.7 Å². The van der Waals surface area contributed by atoms with Crippen molar-refractivity contribution in [2.24, 2.45) is 0 Å². The molecule has 0 spiro atoms. The van der Waals surface area contributed by atoms with E-state index in [-0.39, 0.29) is 17.9 Å². The van der Waals surface area contributed by atoms with E-state index in [0.717, 1.165) is 35.4 Å². The van der Waals surface area contributed by atoms with Crippen molar-refractivity contribution in [3.63, 3.8) is 0 Å². The van der Waals surface area contributed by atoms with Gasteiger partial charge in [-0.1, -0.05) is 18.2 Å². The van der Waals surface area contributed by atoms with Crippen molar-refractivity contribution < 1.29 is 9.53 Å². The predicted molar refractivity (Wildman–Crippen MR) is 113 cm³/mol. The predicted octanol–water partition coefficient (Wildman–Crippen LogP) is 4.62. The van der Waals surface area contributed by atoms with Gasteiger partial charge in [0.25, 0.3) is 5.56 Å². The number of carbonyl (C=O) groups is 1. The third-order valence-electron chi connectivity index (χ3n) is 5.16. The SMILES string of the molecule is O=C(Cn1cnc2sc3c(c2c1=O)CCC3)c1ccc(Oc2ccccc2)cc1. The van der Waals surface area contributed by atoms with Gasteiger partial charge in [-0.05, 0) is 61.2 Å². The van der Waals surface area contributed by atoms with Crippen molar-refractivity contribution in [2.45, 2.75) is 25.8 Å². The molecule has 1 aliphatic carbocycles. The molecule has 0 saturated carbocycles. The molecule has 5 rings (SSSR count). The number of fused-ring (bicyclic) bond motifs is 3. The van der Waals surface area contributed by atoms with Crippen molar-refractivity contribution in [3.05, 3.63) is 87.3 Å². The van der Waals surface area contributed by atoms with Crippen molar-refractivity contribution >= 4 is 27.3 Å². The van der Waals surface area contributed by atoms with Gasteiger partial charge in [-0.25, -0.2) is 4.98 Å². The van der Waals surface area contributed by atoms with Gasteiger partial charge >= 0.3 is 0 Å². The van der Waals surface area contributed by atoms with E-state index in [4.69, 9.17) is 4.74 Å². The van der Waals surface area contributed by atoms with Gasteiger partial charge in [-0.3, -0.25) is 14.2 Å². The van der Waals surface area contributed by atoms with Crippen LogP contribution in [-0.2, 0) is 19.4 Å². The lowest BCUT2D eigenvalue weighted by Gasteiger charge is -2.08. The quantitative estimate of drug-likeness (QED) is 0.457. The van der Waals surface area contributed by atoms with Crippen molar-refractivity contribution in [1.29, 1.82) is 0 Å². The Morgan fingerprint density at radius 3 is 2.59 bits per heavy atom. The Morgan fingerprint density at radius 1 is 1.03 bits per heavy atom. The monoisotopic (exact) mass is 402 g/mol. The number of thiophene rings is 1. The van der Waals surface area contributed by atoms with Gasteiger partial charge in [0.05, 0.1) is 18.3 Å². The number of benzene rings is 2. The number of ether oxygens (including phenoxy) is 1. The molecule has 0 amide bonds. The highest BCUT2D eigenvalue weighted by atomic mass is 32.1. The Morgan fingerprint density at radius 2 is 1.79 bits per heavy atom. The third-order valence-corrected chi connectivity index (χ3v) is 6.36. The van der Waals surface area contributed by atoms with Crippen LogP contribution >= 0.6 is 11.3 Å². The Balaban J connectivity index is 1.36. The zero-order chi connectivity index (χ0) is 19.8. The highest BCUT2D eigenvalue weighted by Crippen LogP contribution is 2.34. The van der Waals surface area contributed by atoms with Crippen molar-refractivity contribution in [2.75, 3.05) is 0 Å². The first kappa shape index (κ1) is 17.8. The molecule has 2 aromatic heterocycles. The molecular formula is C23H18N2O3S. The fourth-order valence-corrected chi connectivity index (χ4v) is 4.93. The molecule has 0 saturated heterocycles. The standard InChI is InChI=1S/C23H18N2O3S/c26-19(15-9-11-17(12-10-15)28-16-5-2-1-3-6-16)13-25-14-24-22-21(23(25)27)18-7-4-8-20(18)29-22/h1-3,5-6,9-12,14H,4,7-8,13H2.